The minimum absolute atomic E-state index is 0.0190. The third-order valence-electron chi connectivity index (χ3n) is 3.83. The van der Waals surface area contributed by atoms with Gasteiger partial charge in [-0.25, -0.2) is 4.52 Å². The fourth-order valence-corrected chi connectivity index (χ4v) is 3.03. The number of fused-ring (bicyclic) bond motifs is 3. The van der Waals surface area contributed by atoms with Crippen LogP contribution in [0.5, 0.6) is 0 Å². The molecule has 0 radical (unpaired) electrons. The molecule has 4 rings (SSSR count). The zero-order valence-corrected chi connectivity index (χ0v) is 13.4. The molecule has 0 spiro atoms. The van der Waals surface area contributed by atoms with Crippen molar-refractivity contribution in [2.45, 2.75) is 0 Å². The molecule has 0 saturated heterocycles. The second-order valence-corrected chi connectivity index (χ2v) is 6.11. The lowest BCUT2D eigenvalue weighted by Crippen LogP contribution is -2.19. The van der Waals surface area contributed by atoms with Gasteiger partial charge in [-0.15, -0.1) is 0 Å². The van der Waals surface area contributed by atoms with Crippen molar-refractivity contribution in [3.05, 3.63) is 69.4 Å². The highest BCUT2D eigenvalue weighted by Gasteiger charge is 2.12. The molecular formula is C17H12BrN3O. The summed E-state index contributed by atoms with van der Waals surface area (Å²) in [4.78, 5) is 12.5. The molecule has 0 bridgehead atoms. The Hall–Kier alpha value is -2.40. The summed E-state index contributed by atoms with van der Waals surface area (Å²) in [5.41, 5.74) is 3.43. The molecule has 2 aromatic carbocycles. The van der Waals surface area contributed by atoms with Gasteiger partial charge in [0.25, 0.3) is 5.56 Å². The summed E-state index contributed by atoms with van der Waals surface area (Å²) in [7, 11) is 1.77. The number of rotatable bonds is 1. The van der Waals surface area contributed by atoms with Gasteiger partial charge in [-0.2, -0.15) is 5.10 Å². The Kier molecular flexibility index (Phi) is 2.90. The highest BCUT2D eigenvalue weighted by atomic mass is 79.9. The molecule has 0 N–H and O–H groups in total. The molecule has 0 aliphatic rings. The van der Waals surface area contributed by atoms with Crippen molar-refractivity contribution in [2.24, 2.45) is 7.05 Å². The van der Waals surface area contributed by atoms with Gasteiger partial charge >= 0.3 is 0 Å². The molecule has 5 heteroatoms. The average Bonchev–Trinajstić information content (AvgIpc) is 2.99. The molecule has 0 atom stereocenters. The monoisotopic (exact) mass is 353 g/mol. The van der Waals surface area contributed by atoms with E-state index in [0.29, 0.717) is 5.39 Å². The van der Waals surface area contributed by atoms with Crippen molar-refractivity contribution in [1.82, 2.24) is 14.2 Å². The van der Waals surface area contributed by atoms with E-state index in [9.17, 15) is 4.79 Å². The van der Waals surface area contributed by atoms with E-state index in [0.717, 1.165) is 26.9 Å². The minimum atomic E-state index is -0.0190. The first-order valence-corrected chi connectivity index (χ1v) is 7.68. The van der Waals surface area contributed by atoms with E-state index in [4.69, 9.17) is 5.10 Å². The van der Waals surface area contributed by atoms with E-state index in [1.165, 1.54) is 0 Å². The van der Waals surface area contributed by atoms with Crippen LogP contribution >= 0.6 is 15.9 Å². The Morgan fingerprint density at radius 3 is 2.59 bits per heavy atom. The van der Waals surface area contributed by atoms with Gasteiger partial charge in [0.1, 0.15) is 5.65 Å². The van der Waals surface area contributed by atoms with Gasteiger partial charge in [0.15, 0.2) is 0 Å². The van der Waals surface area contributed by atoms with Crippen LogP contribution in [0.4, 0.5) is 0 Å². The van der Waals surface area contributed by atoms with Crippen LogP contribution in [0.25, 0.3) is 27.8 Å². The zero-order chi connectivity index (χ0) is 15.3. The first-order chi connectivity index (χ1) is 10.6. The highest BCUT2D eigenvalue weighted by molar-refractivity contribution is 9.10. The van der Waals surface area contributed by atoms with Gasteiger partial charge in [-0.3, -0.25) is 9.36 Å². The minimum Gasteiger partial charge on any atom is -0.296 e. The number of nitrogens with zero attached hydrogens (tertiary/aromatic N) is 3. The predicted molar refractivity (Wildman–Crippen MR) is 91.1 cm³/mol. The Morgan fingerprint density at radius 1 is 1.05 bits per heavy atom. The van der Waals surface area contributed by atoms with Crippen molar-refractivity contribution < 1.29 is 0 Å². The van der Waals surface area contributed by atoms with Crippen molar-refractivity contribution in [3.63, 3.8) is 0 Å². The molecule has 0 aliphatic heterocycles. The second-order valence-electron chi connectivity index (χ2n) is 5.19. The summed E-state index contributed by atoms with van der Waals surface area (Å²) in [6, 6.07) is 17.5. The smallest absolute Gasteiger partial charge is 0.261 e. The molecule has 4 aromatic rings. The lowest BCUT2D eigenvalue weighted by molar-refractivity contribution is 0.850. The van der Waals surface area contributed by atoms with Gasteiger partial charge in [0.05, 0.1) is 16.6 Å². The van der Waals surface area contributed by atoms with Crippen LogP contribution in [0.15, 0.2) is 63.9 Å². The second kappa shape index (κ2) is 4.81. The normalized spacial score (nSPS) is 11.4. The summed E-state index contributed by atoms with van der Waals surface area (Å²) >= 11 is 3.46. The first kappa shape index (κ1) is 13.3. The molecule has 0 fully saturated rings. The number of benzene rings is 2. The number of hydrogen-bond donors (Lipinski definition) is 0. The maximum Gasteiger partial charge on any atom is 0.261 e. The van der Waals surface area contributed by atoms with Crippen molar-refractivity contribution >= 4 is 32.5 Å². The lowest BCUT2D eigenvalue weighted by Gasteiger charge is -2.06. The van der Waals surface area contributed by atoms with E-state index >= 15 is 0 Å². The fourth-order valence-electron chi connectivity index (χ4n) is 2.68. The van der Waals surface area contributed by atoms with E-state index in [2.05, 4.69) is 15.9 Å². The molecule has 2 heterocycles. The third kappa shape index (κ3) is 1.89. The van der Waals surface area contributed by atoms with Crippen LogP contribution in [0.1, 0.15) is 0 Å². The summed E-state index contributed by atoms with van der Waals surface area (Å²) < 4.78 is 4.38. The van der Waals surface area contributed by atoms with E-state index in [1.54, 1.807) is 11.6 Å². The summed E-state index contributed by atoms with van der Waals surface area (Å²) in [6.07, 6.45) is 0. The maximum absolute atomic E-state index is 12.5. The van der Waals surface area contributed by atoms with Crippen LogP contribution in [-0.4, -0.2) is 14.2 Å². The van der Waals surface area contributed by atoms with Crippen molar-refractivity contribution in [2.75, 3.05) is 0 Å². The average molecular weight is 354 g/mol. The van der Waals surface area contributed by atoms with Gasteiger partial charge in [0, 0.05) is 23.2 Å². The maximum atomic E-state index is 12.5. The Bertz CT molecular complexity index is 1060. The first-order valence-electron chi connectivity index (χ1n) is 6.88. The molecule has 0 saturated carbocycles. The summed E-state index contributed by atoms with van der Waals surface area (Å²) in [5.74, 6) is 0. The summed E-state index contributed by atoms with van der Waals surface area (Å²) in [5, 5.41) is 5.34. The highest BCUT2D eigenvalue weighted by Crippen LogP contribution is 2.23. The van der Waals surface area contributed by atoms with Crippen LogP contribution in [0.2, 0.25) is 0 Å². The zero-order valence-electron chi connectivity index (χ0n) is 11.8. The topological polar surface area (TPSA) is 39.3 Å². The van der Waals surface area contributed by atoms with Gasteiger partial charge in [-0.1, -0.05) is 46.3 Å². The lowest BCUT2D eigenvalue weighted by atomic mass is 10.2. The molecule has 108 valence electrons. The molecule has 0 aliphatic carbocycles. The number of aromatic nitrogens is 3. The van der Waals surface area contributed by atoms with Gasteiger partial charge in [-0.05, 0) is 18.2 Å². The summed E-state index contributed by atoms with van der Waals surface area (Å²) in [6.45, 7) is 0. The van der Waals surface area contributed by atoms with E-state index < -0.39 is 0 Å². The molecular weight excluding hydrogens is 342 g/mol. The van der Waals surface area contributed by atoms with E-state index in [1.807, 2.05) is 59.1 Å². The Morgan fingerprint density at radius 2 is 1.82 bits per heavy atom. The van der Waals surface area contributed by atoms with Crippen molar-refractivity contribution in [3.8, 4) is 11.3 Å². The standard InChI is InChI=1S/C17H12BrN3O/c1-20-16-10-14(11-5-3-2-4-6-11)19-21(16)15-9-12(18)7-8-13(15)17(20)22/h2-10H,1H3. The molecule has 2 aromatic heterocycles. The largest absolute Gasteiger partial charge is 0.296 e. The van der Waals surface area contributed by atoms with Crippen LogP contribution in [0.3, 0.4) is 0 Å². The number of halogens is 1. The van der Waals surface area contributed by atoms with Crippen LogP contribution in [0, 0.1) is 0 Å². The predicted octanol–water partition coefficient (Wildman–Crippen LogP) is 3.62. The van der Waals surface area contributed by atoms with Gasteiger partial charge < -0.3 is 0 Å². The van der Waals surface area contributed by atoms with Crippen molar-refractivity contribution in [1.29, 1.82) is 0 Å². The van der Waals surface area contributed by atoms with Crippen LogP contribution < -0.4 is 5.56 Å². The number of aryl methyl sites for hydroxylation is 1. The Balaban J connectivity index is 2.15. The molecule has 0 unspecified atom stereocenters. The molecule has 22 heavy (non-hydrogen) atoms. The Labute approximate surface area is 134 Å². The van der Waals surface area contributed by atoms with E-state index in [-0.39, 0.29) is 5.56 Å². The van der Waals surface area contributed by atoms with Gasteiger partial charge in [0.2, 0.25) is 0 Å². The van der Waals surface area contributed by atoms with Crippen LogP contribution in [-0.2, 0) is 7.05 Å². The molecule has 4 nitrogen and oxygen atoms in total. The SMILES string of the molecule is Cn1c(=O)c2ccc(Br)cc2n2nc(-c3ccccc3)cc12. The quantitative estimate of drug-likeness (QED) is 0.524. The third-order valence-corrected chi connectivity index (χ3v) is 4.32. The molecule has 0 amide bonds. The number of hydrogen-bond acceptors (Lipinski definition) is 2. The fraction of sp³-hybridized carbons (Fsp3) is 0.0588.